The van der Waals surface area contributed by atoms with E-state index in [9.17, 15) is 23.5 Å². The molecule has 1 saturated carbocycles. The summed E-state index contributed by atoms with van der Waals surface area (Å²) in [5.41, 5.74) is -0.188. The van der Waals surface area contributed by atoms with Gasteiger partial charge in [0.05, 0.1) is 18.8 Å². The first-order chi connectivity index (χ1) is 18.3. The quantitative estimate of drug-likeness (QED) is 0.0909. The molecule has 0 spiro atoms. The summed E-state index contributed by atoms with van der Waals surface area (Å²) < 4.78 is 59.6. The Hall–Kier alpha value is 1.03. The fourth-order valence-corrected chi connectivity index (χ4v) is 9.59. The first-order valence-electron chi connectivity index (χ1n) is 13.6. The standard InChI is InChI=1S/C22H45O12P3S2/c1-18(39-38-2)31-21-16-20(15-19-13-11-9-7-5-3-4-6-8-10-12-14-19)32-22(21)17-30-36(26,27)34-37(28,29)33-35(23,24)25/h18-22H,3-17H2,1-2H3,(H,26,27)(H,28,29)(H2,23,24,25)/t18-,20+,21?,22-/m1/s1. The Balaban J connectivity index is 2.00. The van der Waals surface area contributed by atoms with Crippen LogP contribution in [0.5, 0.6) is 0 Å². The molecule has 2 rings (SSSR count). The molecular formula is C22H45O12P3S2. The van der Waals surface area contributed by atoms with Gasteiger partial charge in [-0.05, 0) is 25.5 Å². The van der Waals surface area contributed by atoms with Crippen molar-refractivity contribution < 1.29 is 55.9 Å². The van der Waals surface area contributed by atoms with Crippen LogP contribution in [0, 0.1) is 5.92 Å². The van der Waals surface area contributed by atoms with Crippen LogP contribution in [0.1, 0.15) is 96.8 Å². The van der Waals surface area contributed by atoms with Crippen LogP contribution in [-0.2, 0) is 36.3 Å². The van der Waals surface area contributed by atoms with E-state index in [2.05, 4.69) is 8.62 Å². The number of phosphoric ester groups is 1. The molecule has 3 unspecified atom stereocenters. The molecular weight excluding hydrogens is 613 g/mol. The molecule has 39 heavy (non-hydrogen) atoms. The molecule has 1 heterocycles. The summed E-state index contributed by atoms with van der Waals surface area (Å²) in [4.78, 5) is 36.7. The second-order valence-electron chi connectivity index (χ2n) is 10.1. The van der Waals surface area contributed by atoms with E-state index >= 15 is 0 Å². The van der Waals surface area contributed by atoms with E-state index in [-0.39, 0.29) is 11.5 Å². The first-order valence-corrected chi connectivity index (χ1v) is 20.7. The normalized spacial score (nSPS) is 28.9. The van der Waals surface area contributed by atoms with Crippen LogP contribution in [0.15, 0.2) is 0 Å². The van der Waals surface area contributed by atoms with Gasteiger partial charge in [0.2, 0.25) is 0 Å². The molecule has 232 valence electrons. The maximum absolute atomic E-state index is 12.3. The first kappa shape index (κ1) is 36.2. The van der Waals surface area contributed by atoms with E-state index < -0.39 is 42.3 Å². The zero-order valence-corrected chi connectivity index (χ0v) is 27.0. The molecule has 0 bridgehead atoms. The van der Waals surface area contributed by atoms with Gasteiger partial charge in [0, 0.05) is 6.42 Å². The Kier molecular flexibility index (Phi) is 16.7. The number of hydrogen-bond donors (Lipinski definition) is 4. The molecule has 2 fully saturated rings. The second-order valence-corrected chi connectivity index (χ2v) is 17.3. The van der Waals surface area contributed by atoms with Crippen LogP contribution < -0.4 is 0 Å². The van der Waals surface area contributed by atoms with E-state index in [0.717, 1.165) is 19.3 Å². The summed E-state index contributed by atoms with van der Waals surface area (Å²) in [5, 5.41) is 0. The summed E-state index contributed by atoms with van der Waals surface area (Å²) >= 11 is 0. The summed E-state index contributed by atoms with van der Waals surface area (Å²) in [5.74, 6) is 0.506. The Labute approximate surface area is 239 Å². The maximum Gasteiger partial charge on any atom is 0.490 e. The monoisotopic (exact) mass is 658 g/mol. The van der Waals surface area contributed by atoms with Crippen molar-refractivity contribution in [2.45, 2.75) is 121 Å². The van der Waals surface area contributed by atoms with E-state index in [0.29, 0.717) is 12.3 Å². The number of rotatable bonds is 13. The van der Waals surface area contributed by atoms with Crippen LogP contribution in [-0.4, -0.2) is 56.2 Å². The highest BCUT2D eigenvalue weighted by atomic mass is 33.1. The summed E-state index contributed by atoms with van der Waals surface area (Å²) in [6, 6.07) is 0. The smallest absolute Gasteiger partial charge is 0.370 e. The average Bonchev–Trinajstić information content (AvgIpc) is 3.17. The van der Waals surface area contributed by atoms with Gasteiger partial charge in [0.15, 0.2) is 0 Å². The van der Waals surface area contributed by atoms with Crippen molar-refractivity contribution in [2.75, 3.05) is 12.9 Å². The Morgan fingerprint density at radius 3 is 1.90 bits per heavy atom. The SMILES string of the molecule is CSS[C@H](C)OC1C[C@H](CC2CCCCCCCCCCCC2)O[C@@H]1COP(=O)(O)OP(=O)(O)OP(=O)(O)O. The van der Waals surface area contributed by atoms with Crippen molar-refractivity contribution in [2.24, 2.45) is 5.92 Å². The molecule has 1 saturated heterocycles. The average molecular weight is 659 g/mol. The van der Waals surface area contributed by atoms with E-state index in [1.54, 1.807) is 10.8 Å². The van der Waals surface area contributed by atoms with Gasteiger partial charge in [-0.3, -0.25) is 4.52 Å². The van der Waals surface area contributed by atoms with Crippen LogP contribution >= 0.6 is 45.1 Å². The third-order valence-electron chi connectivity index (χ3n) is 6.76. The van der Waals surface area contributed by atoms with Gasteiger partial charge in [-0.15, -0.1) is 0 Å². The molecule has 2 aliphatic rings. The molecule has 1 aliphatic heterocycles. The predicted octanol–water partition coefficient (Wildman–Crippen LogP) is 6.93. The third kappa shape index (κ3) is 16.5. The third-order valence-corrected chi connectivity index (χ3v) is 12.5. The van der Waals surface area contributed by atoms with E-state index in [1.807, 2.05) is 13.2 Å². The Morgan fingerprint density at radius 2 is 1.38 bits per heavy atom. The highest BCUT2D eigenvalue weighted by molar-refractivity contribution is 8.76. The highest BCUT2D eigenvalue weighted by Crippen LogP contribution is 2.66. The molecule has 0 aromatic rings. The minimum absolute atomic E-state index is 0.142. The number of phosphoric acid groups is 3. The summed E-state index contributed by atoms with van der Waals surface area (Å²) in [6.07, 6.45) is 16.9. The fourth-order valence-electron chi connectivity index (χ4n) is 5.15. The lowest BCUT2D eigenvalue weighted by molar-refractivity contribution is -0.0524. The minimum Gasteiger partial charge on any atom is -0.370 e. The van der Waals surface area contributed by atoms with Crippen molar-refractivity contribution in [3.8, 4) is 0 Å². The van der Waals surface area contributed by atoms with E-state index in [1.165, 1.54) is 75.0 Å². The van der Waals surface area contributed by atoms with Crippen LogP contribution in [0.2, 0.25) is 0 Å². The largest absolute Gasteiger partial charge is 0.490 e. The predicted molar refractivity (Wildman–Crippen MR) is 152 cm³/mol. The second kappa shape index (κ2) is 18.0. The van der Waals surface area contributed by atoms with Crippen molar-refractivity contribution in [3.05, 3.63) is 0 Å². The van der Waals surface area contributed by atoms with Gasteiger partial charge < -0.3 is 29.0 Å². The van der Waals surface area contributed by atoms with Gasteiger partial charge in [0.25, 0.3) is 0 Å². The van der Waals surface area contributed by atoms with Gasteiger partial charge in [-0.1, -0.05) is 98.6 Å². The van der Waals surface area contributed by atoms with Crippen molar-refractivity contribution in [1.29, 1.82) is 0 Å². The molecule has 12 nitrogen and oxygen atoms in total. The van der Waals surface area contributed by atoms with E-state index in [4.69, 9.17) is 23.8 Å². The van der Waals surface area contributed by atoms with Crippen LogP contribution in [0.3, 0.4) is 0 Å². The van der Waals surface area contributed by atoms with Crippen molar-refractivity contribution in [1.82, 2.24) is 0 Å². The maximum atomic E-state index is 12.3. The molecule has 0 aromatic heterocycles. The molecule has 4 N–H and O–H groups in total. The molecule has 0 amide bonds. The van der Waals surface area contributed by atoms with Gasteiger partial charge >= 0.3 is 23.5 Å². The zero-order valence-electron chi connectivity index (χ0n) is 22.7. The van der Waals surface area contributed by atoms with Gasteiger partial charge in [0.1, 0.15) is 11.5 Å². The van der Waals surface area contributed by atoms with Gasteiger partial charge in [-0.2, -0.15) is 8.62 Å². The number of ether oxygens (including phenoxy) is 2. The van der Waals surface area contributed by atoms with Crippen molar-refractivity contribution >= 4 is 45.1 Å². The lowest BCUT2D eigenvalue weighted by Gasteiger charge is -2.23. The van der Waals surface area contributed by atoms with Crippen LogP contribution in [0.25, 0.3) is 0 Å². The summed E-state index contributed by atoms with van der Waals surface area (Å²) in [6.45, 7) is 1.40. The minimum atomic E-state index is -5.58. The molecule has 17 heteroatoms. The lowest BCUT2D eigenvalue weighted by atomic mass is 9.89. The number of hydrogen-bond acceptors (Lipinski definition) is 10. The topological polar surface area (TPSA) is 178 Å². The summed E-state index contributed by atoms with van der Waals surface area (Å²) in [7, 11) is -13.2. The fraction of sp³-hybridized carbons (Fsp3) is 1.00. The molecule has 6 atom stereocenters. The van der Waals surface area contributed by atoms with Crippen LogP contribution in [0.4, 0.5) is 0 Å². The molecule has 1 aliphatic carbocycles. The Bertz CT molecular complexity index is 833. The lowest BCUT2D eigenvalue weighted by Crippen LogP contribution is -2.30. The molecule has 0 radical (unpaired) electrons. The van der Waals surface area contributed by atoms with Crippen molar-refractivity contribution in [3.63, 3.8) is 0 Å². The molecule has 0 aromatic carbocycles. The highest BCUT2D eigenvalue weighted by Gasteiger charge is 2.43. The van der Waals surface area contributed by atoms with Gasteiger partial charge in [-0.25, -0.2) is 13.7 Å². The zero-order chi connectivity index (χ0) is 28.9. The Morgan fingerprint density at radius 1 is 0.846 bits per heavy atom.